The molecule has 1 N–H and O–H groups in total. The SMILES string of the molecule is C=CCN1C(=O)/C(=C/C2CC(C)=CC(C)C2)C(=O)NC1=S. The van der Waals surface area contributed by atoms with E-state index in [9.17, 15) is 9.59 Å². The average molecular weight is 304 g/mol. The molecule has 1 heterocycles. The van der Waals surface area contributed by atoms with Crippen LogP contribution in [0.2, 0.25) is 0 Å². The van der Waals surface area contributed by atoms with Crippen molar-refractivity contribution in [3.63, 3.8) is 0 Å². The maximum atomic E-state index is 12.4. The minimum Gasteiger partial charge on any atom is -0.298 e. The van der Waals surface area contributed by atoms with Crippen LogP contribution in [-0.2, 0) is 9.59 Å². The predicted molar refractivity (Wildman–Crippen MR) is 86.4 cm³/mol. The van der Waals surface area contributed by atoms with Gasteiger partial charge in [-0.3, -0.25) is 19.8 Å². The molecule has 4 nitrogen and oxygen atoms in total. The molecule has 112 valence electrons. The van der Waals surface area contributed by atoms with Gasteiger partial charge in [-0.1, -0.05) is 30.7 Å². The Morgan fingerprint density at radius 3 is 2.86 bits per heavy atom. The zero-order chi connectivity index (χ0) is 15.6. The molecule has 0 bridgehead atoms. The molecule has 2 aliphatic rings. The standard InChI is InChI=1S/C16H20N2O2S/c1-4-5-18-15(20)13(14(19)17-16(18)21)9-12-7-10(2)6-11(3)8-12/h4,6,9-10,12H,1,5,7-8H2,2-3H3,(H,17,19,21)/b13-9+. The summed E-state index contributed by atoms with van der Waals surface area (Å²) in [5.74, 6) is -0.0478. The average Bonchev–Trinajstić information content (AvgIpc) is 2.38. The summed E-state index contributed by atoms with van der Waals surface area (Å²) in [6.07, 6.45) is 7.49. The summed E-state index contributed by atoms with van der Waals surface area (Å²) in [5, 5.41) is 2.72. The van der Waals surface area contributed by atoms with Crippen LogP contribution < -0.4 is 5.32 Å². The Hall–Kier alpha value is -1.75. The van der Waals surface area contributed by atoms with E-state index in [2.05, 4.69) is 31.8 Å². The van der Waals surface area contributed by atoms with Gasteiger partial charge in [0.1, 0.15) is 5.57 Å². The summed E-state index contributed by atoms with van der Waals surface area (Å²) >= 11 is 5.03. The molecular formula is C16H20N2O2S. The van der Waals surface area contributed by atoms with E-state index >= 15 is 0 Å². The highest BCUT2D eigenvalue weighted by Crippen LogP contribution is 2.30. The first kappa shape index (κ1) is 15.6. The second-order valence-corrected chi connectivity index (χ2v) is 6.12. The maximum absolute atomic E-state index is 12.4. The van der Waals surface area contributed by atoms with Crippen LogP contribution >= 0.6 is 12.2 Å². The Labute approximate surface area is 130 Å². The van der Waals surface area contributed by atoms with Crippen LogP contribution in [0.3, 0.4) is 0 Å². The van der Waals surface area contributed by atoms with Crippen molar-refractivity contribution in [3.8, 4) is 0 Å². The number of amides is 2. The highest BCUT2D eigenvalue weighted by molar-refractivity contribution is 7.80. The van der Waals surface area contributed by atoms with Crippen molar-refractivity contribution in [2.45, 2.75) is 26.7 Å². The zero-order valence-corrected chi connectivity index (χ0v) is 13.2. The third kappa shape index (κ3) is 3.47. The number of nitrogens with zero attached hydrogens (tertiary/aromatic N) is 1. The molecule has 2 amide bonds. The van der Waals surface area contributed by atoms with Gasteiger partial charge in [0.2, 0.25) is 0 Å². The topological polar surface area (TPSA) is 49.4 Å². The molecule has 1 aliphatic heterocycles. The van der Waals surface area contributed by atoms with E-state index in [-0.39, 0.29) is 22.5 Å². The Kier molecular flexibility index (Phi) is 4.73. The number of carbonyl (C=O) groups excluding carboxylic acids is 2. The first-order valence-electron chi connectivity index (χ1n) is 7.09. The fourth-order valence-corrected chi connectivity index (χ4v) is 3.22. The Bertz CT molecular complexity index is 563. The van der Waals surface area contributed by atoms with Crippen molar-refractivity contribution in [1.82, 2.24) is 10.2 Å². The van der Waals surface area contributed by atoms with E-state index in [1.807, 2.05) is 6.08 Å². The van der Waals surface area contributed by atoms with Crippen LogP contribution in [-0.4, -0.2) is 28.4 Å². The van der Waals surface area contributed by atoms with E-state index in [1.54, 1.807) is 6.08 Å². The van der Waals surface area contributed by atoms with E-state index in [0.717, 1.165) is 12.8 Å². The van der Waals surface area contributed by atoms with Gasteiger partial charge in [0, 0.05) is 6.54 Å². The predicted octanol–water partition coefficient (Wildman–Crippen LogP) is 2.33. The van der Waals surface area contributed by atoms with Crippen molar-refractivity contribution >= 4 is 29.1 Å². The number of nitrogens with one attached hydrogen (secondary N) is 1. The second kappa shape index (κ2) is 6.35. The van der Waals surface area contributed by atoms with E-state index in [0.29, 0.717) is 12.5 Å². The van der Waals surface area contributed by atoms with Crippen LogP contribution in [0.25, 0.3) is 0 Å². The van der Waals surface area contributed by atoms with Gasteiger partial charge in [0.15, 0.2) is 5.11 Å². The maximum Gasteiger partial charge on any atom is 0.265 e. The van der Waals surface area contributed by atoms with Crippen molar-refractivity contribution < 1.29 is 9.59 Å². The third-order valence-corrected chi connectivity index (χ3v) is 4.05. The van der Waals surface area contributed by atoms with Crippen molar-refractivity contribution in [2.75, 3.05) is 6.54 Å². The number of hydrogen-bond acceptors (Lipinski definition) is 3. The van der Waals surface area contributed by atoms with Gasteiger partial charge in [-0.15, -0.1) is 6.58 Å². The van der Waals surface area contributed by atoms with Gasteiger partial charge in [-0.05, 0) is 43.8 Å². The van der Waals surface area contributed by atoms with Crippen LogP contribution in [0.15, 0.2) is 36.0 Å². The van der Waals surface area contributed by atoms with Gasteiger partial charge in [0.05, 0.1) is 0 Å². The monoisotopic (exact) mass is 304 g/mol. The summed E-state index contributed by atoms with van der Waals surface area (Å²) in [4.78, 5) is 25.8. The van der Waals surface area contributed by atoms with Crippen molar-refractivity contribution in [1.29, 1.82) is 0 Å². The number of allylic oxidation sites excluding steroid dienone is 3. The molecule has 0 spiro atoms. The Morgan fingerprint density at radius 2 is 2.24 bits per heavy atom. The number of thiocarbonyl (C=S) groups is 1. The molecule has 1 saturated heterocycles. The summed E-state index contributed by atoms with van der Waals surface area (Å²) in [6.45, 7) is 8.15. The summed E-state index contributed by atoms with van der Waals surface area (Å²) in [7, 11) is 0. The lowest BCUT2D eigenvalue weighted by Crippen LogP contribution is -2.54. The molecule has 5 heteroatoms. The molecule has 2 atom stereocenters. The summed E-state index contributed by atoms with van der Waals surface area (Å²) in [6, 6.07) is 0. The zero-order valence-electron chi connectivity index (χ0n) is 12.4. The molecule has 21 heavy (non-hydrogen) atoms. The third-order valence-electron chi connectivity index (χ3n) is 3.73. The van der Waals surface area contributed by atoms with Crippen molar-refractivity contribution in [3.05, 3.63) is 36.0 Å². The molecule has 0 radical (unpaired) electrons. The lowest BCUT2D eigenvalue weighted by molar-refractivity contribution is -0.128. The molecule has 0 aromatic carbocycles. The number of rotatable bonds is 3. The second-order valence-electron chi connectivity index (χ2n) is 5.73. The van der Waals surface area contributed by atoms with E-state index < -0.39 is 5.91 Å². The first-order valence-corrected chi connectivity index (χ1v) is 7.50. The highest BCUT2D eigenvalue weighted by Gasteiger charge is 2.33. The highest BCUT2D eigenvalue weighted by atomic mass is 32.1. The number of carbonyl (C=O) groups is 2. The largest absolute Gasteiger partial charge is 0.298 e. The fraction of sp³-hybridized carbons (Fsp3) is 0.438. The Morgan fingerprint density at radius 1 is 1.52 bits per heavy atom. The smallest absolute Gasteiger partial charge is 0.265 e. The number of hydrogen-bond donors (Lipinski definition) is 1. The molecule has 1 aliphatic carbocycles. The van der Waals surface area contributed by atoms with Crippen LogP contribution in [0.1, 0.15) is 26.7 Å². The lowest BCUT2D eigenvalue weighted by Gasteiger charge is -2.29. The molecule has 2 rings (SSSR count). The molecule has 2 unspecified atom stereocenters. The normalized spacial score (nSPS) is 28.5. The summed E-state index contributed by atoms with van der Waals surface area (Å²) in [5.41, 5.74) is 1.50. The minimum atomic E-state index is -0.398. The van der Waals surface area contributed by atoms with Crippen LogP contribution in [0.4, 0.5) is 0 Å². The minimum absolute atomic E-state index is 0.148. The Balaban J connectivity index is 2.24. The summed E-state index contributed by atoms with van der Waals surface area (Å²) < 4.78 is 0. The van der Waals surface area contributed by atoms with Gasteiger partial charge in [-0.2, -0.15) is 0 Å². The molecule has 0 saturated carbocycles. The van der Waals surface area contributed by atoms with Crippen LogP contribution in [0, 0.1) is 11.8 Å². The van der Waals surface area contributed by atoms with Crippen molar-refractivity contribution in [2.24, 2.45) is 11.8 Å². The molecular weight excluding hydrogens is 284 g/mol. The fourth-order valence-electron chi connectivity index (χ4n) is 2.97. The van der Waals surface area contributed by atoms with Crippen LogP contribution in [0.5, 0.6) is 0 Å². The molecule has 1 fully saturated rings. The van der Waals surface area contributed by atoms with Gasteiger partial charge < -0.3 is 0 Å². The lowest BCUT2D eigenvalue weighted by atomic mass is 9.82. The quantitative estimate of drug-likeness (QED) is 0.377. The van der Waals surface area contributed by atoms with E-state index in [1.165, 1.54) is 10.5 Å². The first-order chi connectivity index (χ1) is 9.92. The van der Waals surface area contributed by atoms with Gasteiger partial charge in [-0.25, -0.2) is 0 Å². The molecule has 0 aromatic heterocycles. The van der Waals surface area contributed by atoms with Gasteiger partial charge in [0.25, 0.3) is 11.8 Å². The van der Waals surface area contributed by atoms with Gasteiger partial charge >= 0.3 is 0 Å². The molecule has 0 aromatic rings. The van der Waals surface area contributed by atoms with E-state index in [4.69, 9.17) is 12.2 Å².